The van der Waals surface area contributed by atoms with Crippen molar-refractivity contribution in [3.8, 4) is 5.75 Å². The number of ether oxygens (including phenoxy) is 2. The molecule has 0 radical (unpaired) electrons. The largest absolute Gasteiger partial charge is 0.488 e. The molecular formula is C23H31N3O2. The molecule has 2 N–H and O–H groups in total. The van der Waals surface area contributed by atoms with Crippen molar-refractivity contribution < 1.29 is 9.47 Å². The van der Waals surface area contributed by atoms with Crippen LogP contribution in [0.5, 0.6) is 5.75 Å². The highest BCUT2D eigenvalue weighted by Crippen LogP contribution is 2.24. The number of nitrogens with one attached hydrogen (secondary N) is 2. The maximum atomic E-state index is 6.18. The van der Waals surface area contributed by atoms with E-state index in [2.05, 4.69) is 66.9 Å². The Labute approximate surface area is 168 Å². The maximum absolute atomic E-state index is 6.18. The SMILES string of the molecule is CCNC(=NCc1ccc(C)cc1OC1CCOC1)NCCc1ccccc1. The van der Waals surface area contributed by atoms with Gasteiger partial charge in [0.25, 0.3) is 0 Å². The van der Waals surface area contributed by atoms with Gasteiger partial charge in [-0.2, -0.15) is 0 Å². The van der Waals surface area contributed by atoms with E-state index in [1.54, 1.807) is 0 Å². The lowest BCUT2D eigenvalue weighted by atomic mass is 10.1. The number of hydrogen-bond donors (Lipinski definition) is 2. The number of guanidine groups is 1. The van der Waals surface area contributed by atoms with Gasteiger partial charge >= 0.3 is 0 Å². The predicted molar refractivity (Wildman–Crippen MR) is 114 cm³/mol. The molecule has 5 heteroatoms. The summed E-state index contributed by atoms with van der Waals surface area (Å²) < 4.78 is 11.6. The van der Waals surface area contributed by atoms with Crippen LogP contribution in [0, 0.1) is 6.92 Å². The molecule has 1 saturated heterocycles. The number of nitrogens with zero attached hydrogens (tertiary/aromatic N) is 1. The summed E-state index contributed by atoms with van der Waals surface area (Å²) >= 11 is 0. The van der Waals surface area contributed by atoms with Gasteiger partial charge in [0.2, 0.25) is 0 Å². The molecule has 0 bridgehead atoms. The first-order valence-electron chi connectivity index (χ1n) is 10.1. The third kappa shape index (κ3) is 6.27. The molecule has 28 heavy (non-hydrogen) atoms. The Bertz CT molecular complexity index is 756. The monoisotopic (exact) mass is 381 g/mol. The Morgan fingerprint density at radius 3 is 2.79 bits per heavy atom. The Kier molecular flexibility index (Phi) is 7.73. The first-order chi connectivity index (χ1) is 13.7. The van der Waals surface area contributed by atoms with E-state index in [9.17, 15) is 0 Å². The molecule has 2 aromatic carbocycles. The average molecular weight is 382 g/mol. The minimum Gasteiger partial charge on any atom is -0.488 e. The van der Waals surface area contributed by atoms with E-state index in [0.717, 1.165) is 49.8 Å². The molecule has 0 aromatic heterocycles. The number of aliphatic imine (C=N–C) groups is 1. The maximum Gasteiger partial charge on any atom is 0.191 e. The lowest BCUT2D eigenvalue weighted by Gasteiger charge is -2.16. The fourth-order valence-electron chi connectivity index (χ4n) is 3.16. The van der Waals surface area contributed by atoms with Gasteiger partial charge in [0.1, 0.15) is 11.9 Å². The van der Waals surface area contributed by atoms with Gasteiger partial charge in [0.05, 0.1) is 19.8 Å². The van der Waals surface area contributed by atoms with E-state index in [1.807, 2.05) is 6.07 Å². The minimum atomic E-state index is 0.141. The smallest absolute Gasteiger partial charge is 0.191 e. The van der Waals surface area contributed by atoms with Crippen molar-refractivity contribution in [3.05, 3.63) is 65.2 Å². The van der Waals surface area contributed by atoms with Gasteiger partial charge in [-0.3, -0.25) is 0 Å². The highest BCUT2D eigenvalue weighted by Gasteiger charge is 2.18. The third-order valence-corrected chi connectivity index (χ3v) is 4.70. The molecule has 1 heterocycles. The first kappa shape index (κ1) is 20.2. The Morgan fingerprint density at radius 2 is 2.04 bits per heavy atom. The van der Waals surface area contributed by atoms with E-state index in [4.69, 9.17) is 14.5 Å². The van der Waals surface area contributed by atoms with E-state index < -0.39 is 0 Å². The van der Waals surface area contributed by atoms with Crippen molar-refractivity contribution in [2.45, 2.75) is 39.3 Å². The summed E-state index contributed by atoms with van der Waals surface area (Å²) in [5.41, 5.74) is 3.60. The van der Waals surface area contributed by atoms with Gasteiger partial charge in [0, 0.05) is 25.1 Å². The zero-order valence-corrected chi connectivity index (χ0v) is 16.9. The lowest BCUT2D eigenvalue weighted by Crippen LogP contribution is -2.38. The van der Waals surface area contributed by atoms with Gasteiger partial charge in [-0.25, -0.2) is 4.99 Å². The van der Waals surface area contributed by atoms with Crippen molar-refractivity contribution >= 4 is 5.96 Å². The molecule has 0 amide bonds. The highest BCUT2D eigenvalue weighted by atomic mass is 16.5. The quantitative estimate of drug-likeness (QED) is 0.543. The van der Waals surface area contributed by atoms with Gasteiger partial charge < -0.3 is 20.1 Å². The standard InChI is InChI=1S/C23H31N3O2/c1-3-24-23(25-13-11-19-7-5-4-6-8-19)26-16-20-10-9-18(2)15-22(20)28-21-12-14-27-17-21/h4-10,15,21H,3,11-14,16-17H2,1-2H3,(H2,24,25,26). The van der Waals surface area contributed by atoms with Crippen LogP contribution in [0.4, 0.5) is 0 Å². The second kappa shape index (κ2) is 10.7. The second-order valence-corrected chi connectivity index (χ2v) is 7.07. The summed E-state index contributed by atoms with van der Waals surface area (Å²) in [5.74, 6) is 1.74. The predicted octanol–water partition coefficient (Wildman–Crippen LogP) is 3.46. The summed E-state index contributed by atoms with van der Waals surface area (Å²) in [6.45, 7) is 7.85. The number of hydrogen-bond acceptors (Lipinski definition) is 3. The van der Waals surface area contributed by atoms with E-state index in [1.165, 1.54) is 11.1 Å². The summed E-state index contributed by atoms with van der Waals surface area (Å²) in [4.78, 5) is 4.76. The van der Waals surface area contributed by atoms with Crippen LogP contribution in [0.25, 0.3) is 0 Å². The molecule has 0 aliphatic carbocycles. The molecule has 2 aromatic rings. The summed E-state index contributed by atoms with van der Waals surface area (Å²) in [6.07, 6.45) is 2.05. The van der Waals surface area contributed by atoms with Crippen LogP contribution in [0.2, 0.25) is 0 Å². The Morgan fingerprint density at radius 1 is 1.18 bits per heavy atom. The third-order valence-electron chi connectivity index (χ3n) is 4.70. The van der Waals surface area contributed by atoms with Gasteiger partial charge in [0.15, 0.2) is 5.96 Å². The molecule has 1 aliphatic heterocycles. The zero-order valence-electron chi connectivity index (χ0n) is 16.9. The second-order valence-electron chi connectivity index (χ2n) is 7.07. The van der Waals surface area contributed by atoms with Crippen LogP contribution in [0.1, 0.15) is 30.0 Å². The van der Waals surface area contributed by atoms with Crippen molar-refractivity contribution in [2.24, 2.45) is 4.99 Å². The number of benzene rings is 2. The molecule has 1 unspecified atom stereocenters. The number of aryl methyl sites for hydroxylation is 1. The van der Waals surface area contributed by atoms with Crippen LogP contribution < -0.4 is 15.4 Å². The van der Waals surface area contributed by atoms with Gasteiger partial charge in [-0.15, -0.1) is 0 Å². The zero-order chi connectivity index (χ0) is 19.6. The van der Waals surface area contributed by atoms with Gasteiger partial charge in [-0.05, 0) is 37.5 Å². The van der Waals surface area contributed by atoms with Crippen LogP contribution in [-0.4, -0.2) is 38.4 Å². The fraction of sp³-hybridized carbons (Fsp3) is 0.435. The Balaban J connectivity index is 1.61. The van der Waals surface area contributed by atoms with Crippen LogP contribution in [0.3, 0.4) is 0 Å². The lowest BCUT2D eigenvalue weighted by molar-refractivity contribution is 0.140. The summed E-state index contributed by atoms with van der Waals surface area (Å²) in [7, 11) is 0. The Hall–Kier alpha value is -2.53. The summed E-state index contributed by atoms with van der Waals surface area (Å²) in [5, 5.41) is 6.74. The van der Waals surface area contributed by atoms with E-state index in [-0.39, 0.29) is 6.10 Å². The fourth-order valence-corrected chi connectivity index (χ4v) is 3.16. The van der Waals surface area contributed by atoms with Gasteiger partial charge in [-0.1, -0.05) is 42.5 Å². The molecular weight excluding hydrogens is 350 g/mol. The molecule has 150 valence electrons. The molecule has 5 nitrogen and oxygen atoms in total. The molecule has 1 fully saturated rings. The molecule has 1 aliphatic rings. The molecule has 0 spiro atoms. The van der Waals surface area contributed by atoms with Crippen LogP contribution >= 0.6 is 0 Å². The highest BCUT2D eigenvalue weighted by molar-refractivity contribution is 5.79. The van der Waals surface area contributed by atoms with Crippen LogP contribution in [-0.2, 0) is 17.7 Å². The molecule has 3 rings (SSSR count). The van der Waals surface area contributed by atoms with Crippen molar-refractivity contribution in [3.63, 3.8) is 0 Å². The summed E-state index contributed by atoms with van der Waals surface area (Å²) in [6, 6.07) is 16.8. The van der Waals surface area contributed by atoms with Crippen LogP contribution in [0.15, 0.2) is 53.5 Å². The van der Waals surface area contributed by atoms with E-state index >= 15 is 0 Å². The van der Waals surface area contributed by atoms with Crippen molar-refractivity contribution in [1.29, 1.82) is 0 Å². The topological polar surface area (TPSA) is 54.9 Å². The normalized spacial score (nSPS) is 16.8. The van der Waals surface area contributed by atoms with Crippen molar-refractivity contribution in [1.82, 2.24) is 10.6 Å². The molecule has 1 atom stereocenters. The molecule has 0 saturated carbocycles. The van der Waals surface area contributed by atoms with Crippen molar-refractivity contribution in [2.75, 3.05) is 26.3 Å². The average Bonchev–Trinajstić information content (AvgIpc) is 3.21. The van der Waals surface area contributed by atoms with E-state index in [0.29, 0.717) is 13.2 Å². The minimum absolute atomic E-state index is 0.141. The number of rotatable bonds is 8. The first-order valence-corrected chi connectivity index (χ1v) is 10.1.